The van der Waals surface area contributed by atoms with Crippen molar-refractivity contribution < 1.29 is 0 Å². The van der Waals surface area contributed by atoms with Crippen molar-refractivity contribution in [3.63, 3.8) is 0 Å². The SMILES string of the molecule is CC1(C)CN(Cc2cc(Cl)cc3cccnc23)CCC1N.Cl. The third-order valence-electron chi connectivity index (χ3n) is 4.53. The molecule has 22 heavy (non-hydrogen) atoms. The third kappa shape index (κ3) is 3.54. The molecule has 0 radical (unpaired) electrons. The Kier molecular flexibility index (Phi) is 5.33. The van der Waals surface area contributed by atoms with Crippen LogP contribution in [0.4, 0.5) is 0 Å². The average Bonchev–Trinajstić information content (AvgIpc) is 2.42. The fourth-order valence-corrected chi connectivity index (χ4v) is 3.46. The molecule has 2 N–H and O–H groups in total. The van der Waals surface area contributed by atoms with E-state index in [4.69, 9.17) is 17.3 Å². The van der Waals surface area contributed by atoms with Crippen LogP contribution in [-0.4, -0.2) is 29.0 Å². The number of aromatic nitrogens is 1. The second kappa shape index (κ2) is 6.71. The molecular weight excluding hydrogens is 317 g/mol. The molecule has 1 saturated heterocycles. The van der Waals surface area contributed by atoms with Gasteiger partial charge in [-0.1, -0.05) is 31.5 Å². The van der Waals surface area contributed by atoms with Gasteiger partial charge in [0.1, 0.15) is 0 Å². The predicted molar refractivity (Wildman–Crippen MR) is 95.7 cm³/mol. The lowest BCUT2D eigenvalue weighted by atomic mass is 9.79. The van der Waals surface area contributed by atoms with Gasteiger partial charge in [-0.3, -0.25) is 9.88 Å². The van der Waals surface area contributed by atoms with Crippen molar-refractivity contribution >= 4 is 34.9 Å². The van der Waals surface area contributed by atoms with Crippen LogP contribution in [0.2, 0.25) is 5.02 Å². The molecule has 2 heterocycles. The molecule has 3 rings (SSSR count). The Morgan fingerprint density at radius 3 is 2.91 bits per heavy atom. The lowest BCUT2D eigenvalue weighted by Crippen LogP contribution is -2.52. The average molecular weight is 340 g/mol. The quantitative estimate of drug-likeness (QED) is 0.902. The lowest BCUT2D eigenvalue weighted by Gasteiger charge is -2.42. The van der Waals surface area contributed by atoms with E-state index in [0.717, 1.165) is 42.0 Å². The first-order valence-electron chi connectivity index (χ1n) is 7.47. The molecule has 0 bridgehead atoms. The van der Waals surface area contributed by atoms with Gasteiger partial charge in [-0.2, -0.15) is 0 Å². The number of rotatable bonds is 2. The first-order chi connectivity index (χ1) is 9.95. The van der Waals surface area contributed by atoms with E-state index in [2.05, 4.69) is 29.8 Å². The molecule has 0 amide bonds. The number of pyridine rings is 1. The lowest BCUT2D eigenvalue weighted by molar-refractivity contribution is 0.0901. The minimum Gasteiger partial charge on any atom is -0.327 e. The summed E-state index contributed by atoms with van der Waals surface area (Å²) in [5.74, 6) is 0. The van der Waals surface area contributed by atoms with E-state index in [-0.39, 0.29) is 23.9 Å². The highest BCUT2D eigenvalue weighted by atomic mass is 35.5. The van der Waals surface area contributed by atoms with Crippen LogP contribution < -0.4 is 5.73 Å². The molecule has 5 heteroatoms. The molecule has 0 saturated carbocycles. The van der Waals surface area contributed by atoms with Gasteiger partial charge >= 0.3 is 0 Å². The van der Waals surface area contributed by atoms with E-state index in [1.807, 2.05) is 24.4 Å². The number of halogens is 2. The van der Waals surface area contributed by atoms with Gasteiger partial charge in [0, 0.05) is 42.3 Å². The van der Waals surface area contributed by atoms with Gasteiger partial charge in [-0.05, 0) is 35.6 Å². The number of benzene rings is 1. The number of fused-ring (bicyclic) bond motifs is 1. The second-order valence-electron chi connectivity index (χ2n) is 6.73. The predicted octanol–water partition coefficient (Wildman–Crippen LogP) is 3.87. The van der Waals surface area contributed by atoms with Crippen molar-refractivity contribution in [2.45, 2.75) is 32.9 Å². The summed E-state index contributed by atoms with van der Waals surface area (Å²) in [5, 5.41) is 1.88. The normalized spacial score (nSPS) is 21.5. The molecule has 120 valence electrons. The Hall–Kier alpha value is -0.870. The molecule has 1 fully saturated rings. The second-order valence-corrected chi connectivity index (χ2v) is 7.17. The van der Waals surface area contributed by atoms with Crippen LogP contribution in [0.15, 0.2) is 30.5 Å². The molecule has 0 aliphatic carbocycles. The first-order valence-corrected chi connectivity index (χ1v) is 7.84. The van der Waals surface area contributed by atoms with E-state index in [1.54, 1.807) is 0 Å². The highest BCUT2D eigenvalue weighted by Crippen LogP contribution is 2.30. The largest absolute Gasteiger partial charge is 0.327 e. The number of likely N-dealkylation sites (tertiary alicyclic amines) is 1. The van der Waals surface area contributed by atoms with E-state index < -0.39 is 0 Å². The van der Waals surface area contributed by atoms with Crippen LogP contribution in [0, 0.1) is 5.41 Å². The zero-order chi connectivity index (χ0) is 15.0. The molecule has 1 aliphatic heterocycles. The van der Waals surface area contributed by atoms with Crippen LogP contribution in [0.3, 0.4) is 0 Å². The van der Waals surface area contributed by atoms with Gasteiger partial charge in [-0.15, -0.1) is 12.4 Å². The summed E-state index contributed by atoms with van der Waals surface area (Å²) >= 11 is 6.25. The molecule has 1 unspecified atom stereocenters. The van der Waals surface area contributed by atoms with E-state index in [1.165, 1.54) is 5.56 Å². The Balaban J connectivity index is 0.00000176. The van der Waals surface area contributed by atoms with Crippen LogP contribution >= 0.6 is 24.0 Å². The maximum Gasteiger partial charge on any atom is 0.0747 e. The van der Waals surface area contributed by atoms with Crippen LogP contribution in [0.1, 0.15) is 25.8 Å². The summed E-state index contributed by atoms with van der Waals surface area (Å²) in [6.45, 7) is 7.42. The molecule has 1 aliphatic rings. The minimum absolute atomic E-state index is 0. The molecule has 1 aromatic carbocycles. The number of nitrogens with two attached hydrogens (primary N) is 1. The Morgan fingerprint density at radius 1 is 1.41 bits per heavy atom. The van der Waals surface area contributed by atoms with Crippen molar-refractivity contribution in [1.29, 1.82) is 0 Å². The highest BCUT2D eigenvalue weighted by Gasteiger charge is 2.33. The molecular formula is C17H23Cl2N3. The van der Waals surface area contributed by atoms with Crippen molar-refractivity contribution in [1.82, 2.24) is 9.88 Å². The highest BCUT2D eigenvalue weighted by molar-refractivity contribution is 6.31. The maximum atomic E-state index is 6.25. The first kappa shape index (κ1) is 17.5. The number of hydrogen-bond donors (Lipinski definition) is 1. The van der Waals surface area contributed by atoms with E-state index >= 15 is 0 Å². The molecule has 3 nitrogen and oxygen atoms in total. The number of hydrogen-bond acceptors (Lipinski definition) is 3. The zero-order valence-corrected chi connectivity index (χ0v) is 14.6. The van der Waals surface area contributed by atoms with Crippen molar-refractivity contribution in [3.8, 4) is 0 Å². The monoisotopic (exact) mass is 339 g/mol. The zero-order valence-electron chi connectivity index (χ0n) is 13.1. The van der Waals surface area contributed by atoms with Crippen molar-refractivity contribution in [2.24, 2.45) is 11.1 Å². The van der Waals surface area contributed by atoms with Gasteiger partial charge in [0.2, 0.25) is 0 Å². The summed E-state index contributed by atoms with van der Waals surface area (Å²) < 4.78 is 0. The third-order valence-corrected chi connectivity index (χ3v) is 4.75. The topological polar surface area (TPSA) is 42.2 Å². The van der Waals surface area contributed by atoms with Gasteiger partial charge in [0.05, 0.1) is 5.52 Å². The smallest absolute Gasteiger partial charge is 0.0747 e. The molecule has 0 spiro atoms. The van der Waals surface area contributed by atoms with Crippen LogP contribution in [0.25, 0.3) is 10.9 Å². The Labute approximate surface area is 143 Å². The molecule has 1 aromatic heterocycles. The maximum absolute atomic E-state index is 6.25. The molecule has 1 atom stereocenters. The van der Waals surface area contributed by atoms with Crippen LogP contribution in [0.5, 0.6) is 0 Å². The van der Waals surface area contributed by atoms with Gasteiger partial charge in [0.15, 0.2) is 0 Å². The number of piperidine rings is 1. The van der Waals surface area contributed by atoms with Gasteiger partial charge in [-0.25, -0.2) is 0 Å². The standard InChI is InChI=1S/C17H22ClN3.ClH/c1-17(2)11-21(7-5-15(17)19)10-13-9-14(18)8-12-4-3-6-20-16(12)13;/h3-4,6,8-9,15H,5,7,10-11,19H2,1-2H3;1H. The molecule has 2 aromatic rings. The summed E-state index contributed by atoms with van der Waals surface area (Å²) in [4.78, 5) is 6.99. The Morgan fingerprint density at radius 2 is 2.18 bits per heavy atom. The van der Waals surface area contributed by atoms with Crippen LogP contribution in [-0.2, 0) is 6.54 Å². The summed E-state index contributed by atoms with van der Waals surface area (Å²) in [6.07, 6.45) is 2.88. The van der Waals surface area contributed by atoms with Crippen molar-refractivity contribution in [2.75, 3.05) is 13.1 Å². The van der Waals surface area contributed by atoms with Gasteiger partial charge < -0.3 is 5.73 Å². The number of nitrogens with zero attached hydrogens (tertiary/aromatic N) is 2. The van der Waals surface area contributed by atoms with E-state index in [9.17, 15) is 0 Å². The Bertz CT molecular complexity index is 657. The van der Waals surface area contributed by atoms with Gasteiger partial charge in [0.25, 0.3) is 0 Å². The fraction of sp³-hybridized carbons (Fsp3) is 0.471. The summed E-state index contributed by atoms with van der Waals surface area (Å²) in [7, 11) is 0. The minimum atomic E-state index is 0. The van der Waals surface area contributed by atoms with Crippen molar-refractivity contribution in [3.05, 3.63) is 41.0 Å². The summed E-state index contributed by atoms with van der Waals surface area (Å²) in [5.41, 5.74) is 8.62. The fourth-order valence-electron chi connectivity index (χ4n) is 3.21. The summed E-state index contributed by atoms with van der Waals surface area (Å²) in [6, 6.07) is 8.31. The van der Waals surface area contributed by atoms with E-state index in [0.29, 0.717) is 0 Å².